The number of pyridine rings is 1. The number of sulfonamides is 1. The number of hydrogen-bond acceptors (Lipinski definition) is 7. The molecule has 0 aliphatic rings. The lowest BCUT2D eigenvalue weighted by atomic mass is 10.1. The normalized spacial score (nSPS) is 12.2. The number of rotatable bonds is 7. The van der Waals surface area contributed by atoms with Crippen LogP contribution in [-0.2, 0) is 10.0 Å². The van der Waals surface area contributed by atoms with Crippen molar-refractivity contribution in [3.63, 3.8) is 0 Å². The fourth-order valence-electron chi connectivity index (χ4n) is 3.62. The number of thiazole rings is 1. The molecule has 2 aromatic carbocycles. The molecule has 0 amide bonds. The molecule has 0 spiro atoms. The molecule has 4 rings (SSSR count). The molecule has 0 atom stereocenters. The minimum absolute atomic E-state index is 0.0427. The molecule has 0 aliphatic heterocycles. The molecule has 0 bridgehead atoms. The molecule has 0 unspecified atom stereocenters. The summed E-state index contributed by atoms with van der Waals surface area (Å²) in [6, 6.07) is 12.9. The van der Waals surface area contributed by atoms with Crippen LogP contribution in [0.25, 0.3) is 16.5 Å². The Kier molecular flexibility index (Phi) is 6.41. The fourth-order valence-corrected chi connectivity index (χ4v) is 5.60. The van der Waals surface area contributed by atoms with Gasteiger partial charge in [0.25, 0.3) is 5.56 Å². The second-order valence-electron chi connectivity index (χ2n) is 7.08. The van der Waals surface area contributed by atoms with Gasteiger partial charge in [0.2, 0.25) is 21.0 Å². The third-order valence-corrected chi connectivity index (χ3v) is 7.97. The van der Waals surface area contributed by atoms with Crippen LogP contribution in [0.3, 0.4) is 0 Å². The van der Waals surface area contributed by atoms with Crippen molar-refractivity contribution in [3.8, 4) is 11.6 Å². The van der Waals surface area contributed by atoms with E-state index in [1.807, 2.05) is 0 Å². The molecule has 33 heavy (non-hydrogen) atoms. The summed E-state index contributed by atoms with van der Waals surface area (Å²) in [7, 11) is -3.75. The number of aromatic nitrogens is 2. The Hall–Kier alpha value is -3.34. The summed E-state index contributed by atoms with van der Waals surface area (Å²) in [5.41, 5.74) is 0.102. The summed E-state index contributed by atoms with van der Waals surface area (Å²) in [5.74, 6) is -0.337. The van der Waals surface area contributed by atoms with E-state index in [-0.39, 0.29) is 16.5 Å². The second kappa shape index (κ2) is 9.26. The maximum absolute atomic E-state index is 13.3. The summed E-state index contributed by atoms with van der Waals surface area (Å²) in [5, 5.41) is 14.3. The number of aliphatic imine (C=N–C) groups is 1. The van der Waals surface area contributed by atoms with Crippen LogP contribution in [0, 0.1) is 0 Å². The smallest absolute Gasteiger partial charge is 0.265 e. The molecular weight excluding hydrogens is 460 g/mol. The third kappa shape index (κ3) is 4.20. The lowest BCUT2D eigenvalue weighted by Gasteiger charge is -2.19. The summed E-state index contributed by atoms with van der Waals surface area (Å²) in [4.78, 5) is 21.8. The largest absolute Gasteiger partial charge is 0.494 e. The summed E-state index contributed by atoms with van der Waals surface area (Å²) >= 11 is 1.34. The lowest BCUT2D eigenvalue weighted by molar-refractivity contribution is 0.435. The first kappa shape index (κ1) is 22.8. The van der Waals surface area contributed by atoms with Gasteiger partial charge in [-0.3, -0.25) is 4.79 Å². The Morgan fingerprint density at radius 3 is 2.52 bits per heavy atom. The number of nitrogens with zero attached hydrogens (tertiary/aromatic N) is 4. The van der Waals surface area contributed by atoms with Gasteiger partial charge in [-0.2, -0.15) is 4.31 Å². The van der Waals surface area contributed by atoms with Crippen LogP contribution in [0.5, 0.6) is 5.88 Å². The lowest BCUT2D eigenvalue weighted by Crippen LogP contribution is -2.30. The van der Waals surface area contributed by atoms with Crippen molar-refractivity contribution in [3.05, 3.63) is 76.0 Å². The van der Waals surface area contributed by atoms with Gasteiger partial charge in [0.1, 0.15) is 0 Å². The van der Waals surface area contributed by atoms with Crippen LogP contribution in [0.1, 0.15) is 19.4 Å². The topological polar surface area (TPSA) is 105 Å². The number of fused-ring (bicyclic) bond motifs is 1. The molecule has 8 nitrogen and oxygen atoms in total. The van der Waals surface area contributed by atoms with Gasteiger partial charge in [-0.25, -0.2) is 23.0 Å². The maximum Gasteiger partial charge on any atom is 0.265 e. The fraction of sp³-hybridized carbons (Fsp3) is 0.174. The molecule has 10 heteroatoms. The molecule has 0 fully saturated rings. The van der Waals surface area contributed by atoms with Crippen molar-refractivity contribution in [2.24, 2.45) is 4.99 Å². The van der Waals surface area contributed by atoms with Crippen LogP contribution in [0.15, 0.2) is 74.8 Å². The van der Waals surface area contributed by atoms with Gasteiger partial charge in [0, 0.05) is 41.7 Å². The molecular formula is C23H22N4O4S2. The van der Waals surface area contributed by atoms with Crippen LogP contribution in [0.4, 0.5) is 5.13 Å². The SMILES string of the molecule is CCN(CC)S(=O)(=O)c1cccc(-n2c(O)c(C=Nc3nccs3)c3ccccc3c2=O)c1. The zero-order chi connectivity index (χ0) is 23.6. The van der Waals surface area contributed by atoms with Crippen molar-refractivity contribution in [2.75, 3.05) is 13.1 Å². The van der Waals surface area contributed by atoms with Gasteiger partial charge in [0.15, 0.2) is 0 Å². The average molecular weight is 483 g/mol. The molecule has 0 saturated heterocycles. The Morgan fingerprint density at radius 1 is 1.12 bits per heavy atom. The van der Waals surface area contributed by atoms with E-state index < -0.39 is 15.6 Å². The van der Waals surface area contributed by atoms with E-state index in [0.717, 1.165) is 4.57 Å². The third-order valence-electron chi connectivity index (χ3n) is 5.25. The molecule has 170 valence electrons. The minimum Gasteiger partial charge on any atom is -0.494 e. The van der Waals surface area contributed by atoms with E-state index in [1.54, 1.807) is 61.8 Å². The Bertz CT molecular complexity index is 1490. The van der Waals surface area contributed by atoms with Crippen LogP contribution >= 0.6 is 11.3 Å². The van der Waals surface area contributed by atoms with E-state index in [4.69, 9.17) is 0 Å². The van der Waals surface area contributed by atoms with E-state index in [2.05, 4.69) is 9.98 Å². The Labute approximate surface area is 195 Å². The molecule has 2 heterocycles. The molecule has 0 aliphatic carbocycles. The summed E-state index contributed by atoms with van der Waals surface area (Å²) < 4.78 is 28.5. The van der Waals surface area contributed by atoms with Gasteiger partial charge in [-0.1, -0.05) is 38.1 Å². The molecule has 0 radical (unpaired) electrons. The monoisotopic (exact) mass is 482 g/mol. The highest BCUT2D eigenvalue weighted by Gasteiger charge is 2.23. The van der Waals surface area contributed by atoms with Gasteiger partial charge < -0.3 is 5.11 Å². The van der Waals surface area contributed by atoms with Gasteiger partial charge >= 0.3 is 0 Å². The quantitative estimate of drug-likeness (QED) is 0.402. The first-order valence-corrected chi connectivity index (χ1v) is 12.6. The van der Waals surface area contributed by atoms with Gasteiger partial charge in [0.05, 0.1) is 16.1 Å². The zero-order valence-corrected chi connectivity index (χ0v) is 19.7. The predicted octanol–water partition coefficient (Wildman–Crippen LogP) is 3.93. The highest BCUT2D eigenvalue weighted by molar-refractivity contribution is 7.89. The Morgan fingerprint density at radius 2 is 1.85 bits per heavy atom. The second-order valence-corrected chi connectivity index (χ2v) is 9.89. The van der Waals surface area contributed by atoms with Crippen LogP contribution < -0.4 is 5.56 Å². The highest BCUT2D eigenvalue weighted by atomic mass is 32.2. The zero-order valence-electron chi connectivity index (χ0n) is 18.0. The van der Waals surface area contributed by atoms with E-state index in [1.165, 1.54) is 34.0 Å². The maximum atomic E-state index is 13.3. The van der Waals surface area contributed by atoms with Crippen molar-refractivity contribution >= 4 is 43.5 Å². The van der Waals surface area contributed by atoms with Crippen molar-refractivity contribution < 1.29 is 13.5 Å². The van der Waals surface area contributed by atoms with Gasteiger partial charge in [-0.05, 0) is 24.3 Å². The Balaban J connectivity index is 1.95. The number of benzene rings is 2. The summed E-state index contributed by atoms with van der Waals surface area (Å²) in [6.07, 6.45) is 3.08. The van der Waals surface area contributed by atoms with E-state index in [0.29, 0.717) is 34.6 Å². The molecule has 2 aromatic heterocycles. The van der Waals surface area contributed by atoms with Crippen molar-refractivity contribution in [1.82, 2.24) is 13.9 Å². The summed E-state index contributed by atoms with van der Waals surface area (Å²) in [6.45, 7) is 4.17. The highest BCUT2D eigenvalue weighted by Crippen LogP contribution is 2.28. The average Bonchev–Trinajstić information content (AvgIpc) is 3.34. The number of hydrogen-bond donors (Lipinski definition) is 1. The first-order valence-electron chi connectivity index (χ1n) is 10.3. The number of aromatic hydroxyl groups is 1. The molecule has 1 N–H and O–H groups in total. The van der Waals surface area contributed by atoms with Crippen LogP contribution in [0.2, 0.25) is 0 Å². The standard InChI is InChI=1S/C23H22N4O4S2/c1-3-26(4-2)33(30,31)17-9-7-8-16(14-17)27-21(28)19-11-6-5-10-18(19)20(22(27)29)15-25-23-24-12-13-32-23/h5-15,29H,3-4H2,1-2H3. The van der Waals surface area contributed by atoms with Crippen molar-refractivity contribution in [2.45, 2.75) is 18.7 Å². The first-order chi connectivity index (χ1) is 15.9. The minimum atomic E-state index is -3.75. The van der Waals surface area contributed by atoms with E-state index >= 15 is 0 Å². The predicted molar refractivity (Wildman–Crippen MR) is 131 cm³/mol. The van der Waals surface area contributed by atoms with Crippen LogP contribution in [-0.4, -0.2) is 46.7 Å². The van der Waals surface area contributed by atoms with E-state index in [9.17, 15) is 18.3 Å². The molecule has 4 aromatic rings. The van der Waals surface area contributed by atoms with Crippen molar-refractivity contribution in [1.29, 1.82) is 0 Å². The van der Waals surface area contributed by atoms with Gasteiger partial charge in [-0.15, -0.1) is 11.3 Å². The molecule has 0 saturated carbocycles.